The van der Waals surface area contributed by atoms with Gasteiger partial charge in [-0.3, -0.25) is 0 Å². The standard InChI is InChI=1S/C19H27N5O2S/c1-27(25,26)24-13-7-8-15(24)14-20-18-19(23-11-5-2-6-12-23)22-17-10-4-3-9-16(17)21-18/h3-4,9-10,15H,2,5-8,11-14H2,1H3,(H,20,21)/t15-/m1/s1. The second kappa shape index (κ2) is 7.59. The third-order valence-electron chi connectivity index (χ3n) is 5.46. The van der Waals surface area contributed by atoms with E-state index in [9.17, 15) is 8.42 Å². The first-order chi connectivity index (χ1) is 13.0. The van der Waals surface area contributed by atoms with E-state index in [1.165, 1.54) is 25.5 Å². The van der Waals surface area contributed by atoms with Gasteiger partial charge in [-0.25, -0.2) is 18.4 Å². The van der Waals surface area contributed by atoms with Crippen molar-refractivity contribution in [2.24, 2.45) is 0 Å². The number of fused-ring (bicyclic) bond motifs is 1. The quantitative estimate of drug-likeness (QED) is 0.846. The van der Waals surface area contributed by atoms with Crippen LogP contribution in [0.15, 0.2) is 24.3 Å². The van der Waals surface area contributed by atoms with Crippen LogP contribution in [0, 0.1) is 0 Å². The van der Waals surface area contributed by atoms with Crippen molar-refractivity contribution < 1.29 is 8.42 Å². The molecule has 3 heterocycles. The van der Waals surface area contributed by atoms with E-state index in [-0.39, 0.29) is 6.04 Å². The molecule has 1 aromatic carbocycles. The first-order valence-electron chi connectivity index (χ1n) is 9.75. The van der Waals surface area contributed by atoms with Crippen molar-refractivity contribution in [3.8, 4) is 0 Å². The van der Waals surface area contributed by atoms with Gasteiger partial charge in [0.2, 0.25) is 10.0 Å². The average molecular weight is 390 g/mol. The highest BCUT2D eigenvalue weighted by Gasteiger charge is 2.31. The van der Waals surface area contributed by atoms with Gasteiger partial charge in [0.05, 0.1) is 17.3 Å². The number of rotatable bonds is 5. The Labute approximate surface area is 160 Å². The van der Waals surface area contributed by atoms with Crippen molar-refractivity contribution in [2.75, 3.05) is 42.7 Å². The number of piperidine rings is 1. The van der Waals surface area contributed by atoms with Crippen molar-refractivity contribution in [1.29, 1.82) is 0 Å². The molecular formula is C19H27N5O2S. The third-order valence-corrected chi connectivity index (χ3v) is 6.79. The van der Waals surface area contributed by atoms with Crippen LogP contribution in [-0.4, -0.2) is 61.2 Å². The van der Waals surface area contributed by atoms with Gasteiger partial charge in [0.15, 0.2) is 11.6 Å². The van der Waals surface area contributed by atoms with Crippen molar-refractivity contribution in [3.63, 3.8) is 0 Å². The Kier molecular flexibility index (Phi) is 5.19. The summed E-state index contributed by atoms with van der Waals surface area (Å²) in [5.41, 5.74) is 1.74. The number of benzene rings is 1. The number of hydrogen-bond acceptors (Lipinski definition) is 6. The highest BCUT2D eigenvalue weighted by atomic mass is 32.2. The lowest BCUT2D eigenvalue weighted by molar-refractivity contribution is 0.402. The van der Waals surface area contributed by atoms with Crippen LogP contribution in [0.2, 0.25) is 0 Å². The molecule has 2 aliphatic heterocycles. The maximum atomic E-state index is 12.0. The Morgan fingerprint density at radius 1 is 1.04 bits per heavy atom. The monoisotopic (exact) mass is 389 g/mol. The first kappa shape index (κ1) is 18.4. The molecule has 2 fully saturated rings. The maximum Gasteiger partial charge on any atom is 0.211 e. The maximum absolute atomic E-state index is 12.0. The Morgan fingerprint density at radius 3 is 2.44 bits per heavy atom. The Bertz CT molecular complexity index is 911. The highest BCUT2D eigenvalue weighted by Crippen LogP contribution is 2.28. The SMILES string of the molecule is CS(=O)(=O)N1CCC[C@@H]1CNc1nc2ccccc2nc1N1CCCCC1. The summed E-state index contributed by atoms with van der Waals surface area (Å²) in [6.45, 7) is 3.13. The van der Waals surface area contributed by atoms with Gasteiger partial charge in [0.25, 0.3) is 0 Å². The molecule has 1 aromatic heterocycles. The van der Waals surface area contributed by atoms with Crippen LogP contribution < -0.4 is 10.2 Å². The van der Waals surface area contributed by atoms with Crippen LogP contribution in [0.5, 0.6) is 0 Å². The topological polar surface area (TPSA) is 78.4 Å². The molecule has 146 valence electrons. The summed E-state index contributed by atoms with van der Waals surface area (Å²) in [5.74, 6) is 1.65. The fourth-order valence-corrected chi connectivity index (χ4v) is 5.28. The van der Waals surface area contributed by atoms with E-state index in [4.69, 9.17) is 9.97 Å². The van der Waals surface area contributed by atoms with Crippen LogP contribution in [-0.2, 0) is 10.0 Å². The molecular weight excluding hydrogens is 362 g/mol. The summed E-state index contributed by atoms with van der Waals surface area (Å²) in [4.78, 5) is 12.0. The number of nitrogens with one attached hydrogen (secondary N) is 1. The number of anilines is 2. The minimum Gasteiger partial charge on any atom is -0.365 e. The Morgan fingerprint density at radius 2 is 1.74 bits per heavy atom. The number of hydrogen-bond donors (Lipinski definition) is 1. The number of aromatic nitrogens is 2. The molecule has 4 rings (SSSR count). The minimum atomic E-state index is -3.17. The first-order valence-corrected chi connectivity index (χ1v) is 11.6. The summed E-state index contributed by atoms with van der Waals surface area (Å²) < 4.78 is 25.6. The van der Waals surface area contributed by atoms with Crippen LogP contribution in [0.3, 0.4) is 0 Å². The van der Waals surface area contributed by atoms with Gasteiger partial charge < -0.3 is 10.2 Å². The zero-order valence-corrected chi connectivity index (χ0v) is 16.6. The van der Waals surface area contributed by atoms with Gasteiger partial charge in [-0.15, -0.1) is 0 Å². The molecule has 0 spiro atoms. The molecule has 7 nitrogen and oxygen atoms in total. The van der Waals surface area contributed by atoms with E-state index in [0.29, 0.717) is 13.1 Å². The second-order valence-electron chi connectivity index (χ2n) is 7.48. The third kappa shape index (κ3) is 4.01. The number of sulfonamides is 1. The molecule has 27 heavy (non-hydrogen) atoms. The van der Waals surface area contributed by atoms with Crippen LogP contribution >= 0.6 is 0 Å². The molecule has 1 N–H and O–H groups in total. The molecule has 0 aliphatic carbocycles. The van der Waals surface area contributed by atoms with Crippen LogP contribution in [0.25, 0.3) is 11.0 Å². The molecule has 1 atom stereocenters. The van der Waals surface area contributed by atoms with E-state index in [0.717, 1.165) is 48.6 Å². The zero-order chi connectivity index (χ0) is 18.9. The summed E-state index contributed by atoms with van der Waals surface area (Å²) in [7, 11) is -3.17. The van der Waals surface area contributed by atoms with Crippen LogP contribution in [0.1, 0.15) is 32.1 Å². The molecule has 0 bridgehead atoms. The summed E-state index contributed by atoms with van der Waals surface area (Å²) in [5, 5.41) is 3.43. The summed E-state index contributed by atoms with van der Waals surface area (Å²) >= 11 is 0. The fraction of sp³-hybridized carbons (Fsp3) is 0.579. The lowest BCUT2D eigenvalue weighted by Crippen LogP contribution is -2.39. The Balaban J connectivity index is 1.61. The minimum absolute atomic E-state index is 0.0255. The molecule has 2 saturated heterocycles. The molecule has 0 saturated carbocycles. The smallest absolute Gasteiger partial charge is 0.211 e. The van der Waals surface area contributed by atoms with Crippen molar-refractivity contribution in [2.45, 2.75) is 38.1 Å². The van der Waals surface area contributed by atoms with Gasteiger partial charge in [-0.1, -0.05) is 12.1 Å². The van der Waals surface area contributed by atoms with Crippen molar-refractivity contribution >= 4 is 32.7 Å². The van der Waals surface area contributed by atoms with Gasteiger partial charge in [0, 0.05) is 32.2 Å². The van der Waals surface area contributed by atoms with E-state index in [2.05, 4.69) is 10.2 Å². The van der Waals surface area contributed by atoms with Crippen molar-refractivity contribution in [3.05, 3.63) is 24.3 Å². The molecule has 8 heteroatoms. The predicted octanol–water partition coefficient (Wildman–Crippen LogP) is 2.46. The van der Waals surface area contributed by atoms with E-state index in [1.807, 2.05) is 24.3 Å². The average Bonchev–Trinajstić information content (AvgIpc) is 3.15. The lowest BCUT2D eigenvalue weighted by Gasteiger charge is -2.30. The van der Waals surface area contributed by atoms with E-state index >= 15 is 0 Å². The highest BCUT2D eigenvalue weighted by molar-refractivity contribution is 7.88. The normalized spacial score (nSPS) is 21.7. The molecule has 2 aliphatic rings. The number of para-hydroxylation sites is 2. The van der Waals surface area contributed by atoms with Gasteiger partial charge in [0.1, 0.15) is 0 Å². The number of nitrogens with zero attached hydrogens (tertiary/aromatic N) is 4. The molecule has 2 aromatic rings. The molecule has 0 amide bonds. The fourth-order valence-electron chi connectivity index (χ4n) is 4.10. The van der Waals surface area contributed by atoms with Gasteiger partial charge >= 0.3 is 0 Å². The van der Waals surface area contributed by atoms with Crippen molar-refractivity contribution in [1.82, 2.24) is 14.3 Å². The molecule has 0 unspecified atom stereocenters. The summed E-state index contributed by atoms with van der Waals surface area (Å²) in [6, 6.07) is 7.87. The van der Waals surface area contributed by atoms with Crippen LogP contribution in [0.4, 0.5) is 11.6 Å². The molecule has 0 radical (unpaired) electrons. The second-order valence-corrected chi connectivity index (χ2v) is 9.42. The van der Waals surface area contributed by atoms with E-state index in [1.54, 1.807) is 4.31 Å². The van der Waals surface area contributed by atoms with Gasteiger partial charge in [-0.2, -0.15) is 4.31 Å². The Hall–Kier alpha value is -1.93. The van der Waals surface area contributed by atoms with E-state index < -0.39 is 10.0 Å². The summed E-state index contributed by atoms with van der Waals surface area (Å²) in [6.07, 6.45) is 6.66. The van der Waals surface area contributed by atoms with Gasteiger partial charge in [-0.05, 0) is 44.2 Å². The predicted molar refractivity (Wildman–Crippen MR) is 109 cm³/mol. The largest absolute Gasteiger partial charge is 0.365 e. The zero-order valence-electron chi connectivity index (χ0n) is 15.8. The lowest BCUT2D eigenvalue weighted by atomic mass is 10.1.